The number of nitrogens with zero attached hydrogens (tertiary/aromatic N) is 2. The maximum atomic E-state index is 13.3. The van der Waals surface area contributed by atoms with Crippen molar-refractivity contribution in [1.82, 2.24) is 10.3 Å². The molecule has 4 nitrogen and oxygen atoms in total. The number of thiophene rings is 1. The van der Waals surface area contributed by atoms with E-state index in [1.165, 1.54) is 12.4 Å². The van der Waals surface area contributed by atoms with Crippen LogP contribution in [0.1, 0.15) is 15.9 Å². The first kappa shape index (κ1) is 15.1. The minimum absolute atomic E-state index is 0.0125. The molecule has 0 bridgehead atoms. The van der Waals surface area contributed by atoms with Gasteiger partial charge in [0.2, 0.25) is 0 Å². The Balaban J connectivity index is 2.19. The molecule has 1 aliphatic heterocycles. The molecular weight excluding hydrogens is 315 g/mol. The third-order valence-electron chi connectivity index (χ3n) is 3.57. The van der Waals surface area contributed by atoms with Crippen molar-refractivity contribution in [2.45, 2.75) is 6.18 Å². The summed E-state index contributed by atoms with van der Waals surface area (Å²) in [4.78, 5) is 17.8. The van der Waals surface area contributed by atoms with Crippen molar-refractivity contribution >= 4 is 33.3 Å². The maximum Gasteiger partial charge on any atom is 0.417 e. The normalized spacial score (nSPS) is 16.0. The number of alkyl halides is 3. The van der Waals surface area contributed by atoms with Crippen LogP contribution in [0.5, 0.6) is 0 Å². The number of nitrogens with one attached hydrogen (secondary N) is 1. The third kappa shape index (κ3) is 2.41. The Morgan fingerprint density at radius 3 is 2.73 bits per heavy atom. The van der Waals surface area contributed by atoms with Gasteiger partial charge >= 0.3 is 6.18 Å². The highest BCUT2D eigenvalue weighted by Crippen LogP contribution is 2.40. The van der Waals surface area contributed by atoms with Crippen molar-refractivity contribution < 1.29 is 18.0 Å². The molecule has 0 atom stereocenters. The van der Waals surface area contributed by atoms with Crippen molar-refractivity contribution in [3.8, 4) is 0 Å². The number of carbonyl (C=O) groups excluding carboxylic acids is 1. The number of hydrogen-bond acceptors (Lipinski definition) is 4. The maximum absolute atomic E-state index is 13.3. The minimum Gasteiger partial charge on any atom is -0.356 e. The van der Waals surface area contributed by atoms with Crippen LogP contribution in [0.4, 0.5) is 19.0 Å². The molecule has 1 fully saturated rings. The Morgan fingerprint density at radius 2 is 2.18 bits per heavy atom. The van der Waals surface area contributed by atoms with Gasteiger partial charge in [-0.05, 0) is 18.9 Å². The van der Waals surface area contributed by atoms with Crippen LogP contribution in [0, 0.1) is 12.8 Å². The third-order valence-corrected chi connectivity index (χ3v) is 4.57. The highest BCUT2D eigenvalue weighted by atomic mass is 32.1. The van der Waals surface area contributed by atoms with Crippen molar-refractivity contribution in [2.24, 2.45) is 5.92 Å². The van der Waals surface area contributed by atoms with Crippen molar-refractivity contribution in [2.75, 3.05) is 25.0 Å². The van der Waals surface area contributed by atoms with Gasteiger partial charge in [-0.2, -0.15) is 13.2 Å². The molecule has 117 valence electrons. The van der Waals surface area contributed by atoms with Gasteiger partial charge in [0, 0.05) is 25.5 Å². The summed E-state index contributed by atoms with van der Waals surface area (Å²) in [6.07, 6.45) is -4.49. The standard InChI is InChI=1S/C14H13F3N3OS/c1-7-4-20(5-7)10-3-9(14(15,16)17)12-11(19-10)8(6-22-12)13(21)18-2/h3,6-7H,1,4-5H2,2H3,(H,18,21). The molecule has 22 heavy (non-hydrogen) atoms. The van der Waals surface area contributed by atoms with Crippen LogP contribution in [-0.4, -0.2) is 31.0 Å². The molecule has 3 rings (SSSR count). The number of anilines is 1. The Bertz CT molecular complexity index is 735. The molecule has 1 N–H and O–H groups in total. The van der Waals surface area contributed by atoms with Gasteiger partial charge < -0.3 is 10.2 Å². The zero-order chi connectivity index (χ0) is 16.1. The minimum atomic E-state index is -4.49. The second-order valence-electron chi connectivity index (χ2n) is 5.20. The molecule has 0 saturated carbocycles. The van der Waals surface area contributed by atoms with Crippen molar-refractivity contribution in [3.63, 3.8) is 0 Å². The van der Waals surface area contributed by atoms with E-state index in [0.717, 1.165) is 17.4 Å². The van der Waals surface area contributed by atoms with Crippen LogP contribution < -0.4 is 10.2 Å². The van der Waals surface area contributed by atoms with E-state index in [9.17, 15) is 18.0 Å². The van der Waals surface area contributed by atoms with Gasteiger partial charge in [0.05, 0.1) is 21.3 Å². The second-order valence-corrected chi connectivity index (χ2v) is 6.08. The molecule has 1 aliphatic rings. The molecule has 8 heteroatoms. The molecule has 0 aromatic carbocycles. The van der Waals surface area contributed by atoms with Gasteiger partial charge in [-0.15, -0.1) is 11.3 Å². The topological polar surface area (TPSA) is 45.2 Å². The lowest BCUT2D eigenvalue weighted by molar-refractivity contribution is -0.136. The Morgan fingerprint density at radius 1 is 1.50 bits per heavy atom. The van der Waals surface area contributed by atoms with E-state index in [1.807, 2.05) is 0 Å². The SMILES string of the molecule is [CH2]C1CN(c2cc(C(F)(F)F)c3scc(C(=O)NC)c3n2)C1. The monoisotopic (exact) mass is 328 g/mol. The number of hydrogen-bond donors (Lipinski definition) is 1. The van der Waals surface area contributed by atoms with E-state index in [1.54, 1.807) is 4.90 Å². The van der Waals surface area contributed by atoms with Crippen molar-refractivity contribution in [3.05, 3.63) is 29.5 Å². The Kier molecular flexibility index (Phi) is 3.51. The summed E-state index contributed by atoms with van der Waals surface area (Å²) in [5, 5.41) is 3.84. The molecular formula is C14H13F3N3OS. The smallest absolute Gasteiger partial charge is 0.356 e. The van der Waals surface area contributed by atoms with E-state index in [2.05, 4.69) is 17.2 Å². The van der Waals surface area contributed by atoms with Crippen LogP contribution >= 0.6 is 11.3 Å². The summed E-state index contributed by atoms with van der Waals surface area (Å²) in [5.74, 6) is -0.0151. The van der Waals surface area contributed by atoms with Gasteiger partial charge in [-0.3, -0.25) is 4.79 Å². The summed E-state index contributed by atoms with van der Waals surface area (Å²) in [7, 11) is 1.43. The van der Waals surface area contributed by atoms with E-state index in [-0.39, 0.29) is 27.5 Å². The molecule has 0 unspecified atom stereocenters. The van der Waals surface area contributed by atoms with E-state index in [0.29, 0.717) is 13.1 Å². The molecule has 2 aromatic heterocycles. The zero-order valence-electron chi connectivity index (χ0n) is 11.7. The van der Waals surface area contributed by atoms with Gasteiger partial charge in [-0.1, -0.05) is 0 Å². The summed E-state index contributed by atoms with van der Waals surface area (Å²) in [6, 6.07) is 1.05. The van der Waals surface area contributed by atoms with Gasteiger partial charge in [0.1, 0.15) is 5.82 Å². The quantitative estimate of drug-likeness (QED) is 0.922. The first-order valence-corrected chi connectivity index (χ1v) is 7.48. The van der Waals surface area contributed by atoms with Gasteiger partial charge in [0.15, 0.2) is 0 Å². The number of pyridine rings is 1. The van der Waals surface area contributed by atoms with Crippen molar-refractivity contribution in [1.29, 1.82) is 0 Å². The first-order chi connectivity index (χ1) is 10.3. The summed E-state index contributed by atoms with van der Waals surface area (Å²) >= 11 is 0.884. The van der Waals surface area contributed by atoms with Crippen LogP contribution in [-0.2, 0) is 6.18 Å². The average molecular weight is 328 g/mol. The van der Waals surface area contributed by atoms with Crippen LogP contribution in [0.25, 0.3) is 10.2 Å². The van der Waals surface area contributed by atoms with E-state index < -0.39 is 17.6 Å². The molecule has 1 radical (unpaired) electrons. The summed E-state index contributed by atoms with van der Waals surface area (Å²) in [5.41, 5.74) is -0.483. The predicted molar refractivity (Wildman–Crippen MR) is 79.1 cm³/mol. The molecule has 2 aromatic rings. The number of halogens is 3. The largest absolute Gasteiger partial charge is 0.417 e. The van der Waals surface area contributed by atoms with Crippen LogP contribution in [0.3, 0.4) is 0 Å². The second kappa shape index (κ2) is 5.12. The van der Waals surface area contributed by atoms with E-state index in [4.69, 9.17) is 0 Å². The van der Waals surface area contributed by atoms with E-state index >= 15 is 0 Å². The lowest BCUT2D eigenvalue weighted by Crippen LogP contribution is -2.45. The molecule has 0 spiro atoms. The summed E-state index contributed by atoms with van der Waals surface area (Å²) < 4.78 is 39.9. The fourth-order valence-electron chi connectivity index (χ4n) is 2.42. The lowest BCUT2D eigenvalue weighted by atomic mass is 10.0. The number of rotatable bonds is 2. The lowest BCUT2D eigenvalue weighted by Gasteiger charge is -2.38. The first-order valence-electron chi connectivity index (χ1n) is 6.60. The average Bonchev–Trinajstić information content (AvgIpc) is 2.84. The van der Waals surface area contributed by atoms with Crippen LogP contribution in [0.15, 0.2) is 11.4 Å². The number of aromatic nitrogens is 1. The van der Waals surface area contributed by atoms with Gasteiger partial charge in [-0.25, -0.2) is 4.98 Å². The Labute approximate surface area is 128 Å². The molecule has 1 saturated heterocycles. The molecule has 0 aliphatic carbocycles. The van der Waals surface area contributed by atoms with Gasteiger partial charge in [0.25, 0.3) is 5.91 Å². The summed E-state index contributed by atoms with van der Waals surface area (Å²) in [6.45, 7) is 4.98. The zero-order valence-corrected chi connectivity index (χ0v) is 12.5. The number of carbonyl (C=O) groups is 1. The molecule has 3 heterocycles. The number of fused-ring (bicyclic) bond motifs is 1. The predicted octanol–water partition coefficient (Wildman–Crippen LogP) is 2.94. The number of amides is 1. The molecule has 1 amide bonds. The highest BCUT2D eigenvalue weighted by molar-refractivity contribution is 7.17. The fraction of sp³-hybridized carbons (Fsp3) is 0.357. The Hall–Kier alpha value is -1.83. The fourth-order valence-corrected chi connectivity index (χ4v) is 3.44. The highest BCUT2D eigenvalue weighted by Gasteiger charge is 2.36. The van der Waals surface area contributed by atoms with Crippen LogP contribution in [0.2, 0.25) is 0 Å².